The number of amides is 1. The monoisotopic (exact) mass is 346 g/mol. The van der Waals surface area contributed by atoms with Crippen LogP contribution < -0.4 is 5.32 Å². The van der Waals surface area contributed by atoms with Crippen molar-refractivity contribution in [3.8, 4) is 0 Å². The Balaban J connectivity index is 1.83. The van der Waals surface area contributed by atoms with Gasteiger partial charge in [0.1, 0.15) is 0 Å². The molecular formula is C18H23ClN4O. The summed E-state index contributed by atoms with van der Waals surface area (Å²) in [6.45, 7) is 6.32. The number of rotatable bonds is 4. The minimum Gasteiger partial charge on any atom is -0.337 e. The quantitative estimate of drug-likeness (QED) is 0.925. The lowest BCUT2D eigenvalue weighted by atomic mass is 10.1. The van der Waals surface area contributed by atoms with Crippen LogP contribution in [0.4, 0.5) is 0 Å². The zero-order valence-electron chi connectivity index (χ0n) is 14.3. The summed E-state index contributed by atoms with van der Waals surface area (Å²) in [5.41, 5.74) is 3.52. The Kier molecular flexibility index (Phi) is 4.92. The first-order valence-electron chi connectivity index (χ1n) is 8.23. The maximum atomic E-state index is 12.9. The van der Waals surface area contributed by atoms with E-state index in [1.165, 1.54) is 0 Å². The van der Waals surface area contributed by atoms with Crippen molar-refractivity contribution < 1.29 is 4.79 Å². The number of aromatic nitrogens is 2. The van der Waals surface area contributed by atoms with E-state index in [1.54, 1.807) is 0 Å². The highest BCUT2D eigenvalue weighted by molar-refractivity contribution is 6.30. The van der Waals surface area contributed by atoms with Gasteiger partial charge >= 0.3 is 0 Å². The first-order chi connectivity index (χ1) is 11.5. The highest BCUT2D eigenvalue weighted by atomic mass is 35.5. The average Bonchev–Trinajstić information content (AvgIpc) is 3.18. The highest BCUT2D eigenvalue weighted by Gasteiger charge is 2.28. The fourth-order valence-corrected chi connectivity index (χ4v) is 3.36. The topological polar surface area (TPSA) is 50.2 Å². The number of aryl methyl sites for hydroxylation is 1. The number of likely N-dealkylation sites (N-methyl/N-ethyl adjacent to an activating group) is 1. The van der Waals surface area contributed by atoms with Crippen molar-refractivity contribution in [3.63, 3.8) is 0 Å². The lowest BCUT2D eigenvalue weighted by molar-refractivity contribution is 0.0742. The van der Waals surface area contributed by atoms with Gasteiger partial charge in [0, 0.05) is 30.4 Å². The molecule has 3 rings (SSSR count). The Morgan fingerprint density at radius 2 is 2.08 bits per heavy atom. The number of nitrogens with zero attached hydrogens (tertiary/aromatic N) is 3. The summed E-state index contributed by atoms with van der Waals surface area (Å²) in [6, 6.07) is 7.97. The molecule has 24 heavy (non-hydrogen) atoms. The first kappa shape index (κ1) is 17.0. The molecule has 1 unspecified atom stereocenters. The summed E-state index contributed by atoms with van der Waals surface area (Å²) in [5.74, 6) is 0.0565. The van der Waals surface area contributed by atoms with Gasteiger partial charge in [0.2, 0.25) is 0 Å². The third kappa shape index (κ3) is 3.32. The molecule has 1 N–H and O–H groups in total. The molecule has 1 aliphatic rings. The van der Waals surface area contributed by atoms with Crippen molar-refractivity contribution in [2.75, 3.05) is 20.1 Å². The van der Waals surface area contributed by atoms with Crippen LogP contribution in [0.3, 0.4) is 0 Å². The van der Waals surface area contributed by atoms with Crippen LogP contribution in [0.1, 0.15) is 33.7 Å². The summed E-state index contributed by atoms with van der Waals surface area (Å²) >= 11 is 5.94. The van der Waals surface area contributed by atoms with Crippen LogP contribution in [0.2, 0.25) is 5.02 Å². The second kappa shape index (κ2) is 6.95. The van der Waals surface area contributed by atoms with Crippen molar-refractivity contribution in [1.82, 2.24) is 20.0 Å². The largest absolute Gasteiger partial charge is 0.337 e. The predicted molar refractivity (Wildman–Crippen MR) is 95.6 cm³/mol. The zero-order valence-corrected chi connectivity index (χ0v) is 15.1. The summed E-state index contributed by atoms with van der Waals surface area (Å²) in [7, 11) is 1.88. The fourth-order valence-electron chi connectivity index (χ4n) is 3.24. The number of benzene rings is 1. The van der Waals surface area contributed by atoms with Crippen LogP contribution in [0, 0.1) is 13.8 Å². The predicted octanol–water partition coefficient (Wildman–Crippen LogP) is 2.64. The number of hydrogen-bond donors (Lipinski definition) is 1. The molecular weight excluding hydrogens is 324 g/mol. The van der Waals surface area contributed by atoms with Crippen molar-refractivity contribution in [2.45, 2.75) is 32.9 Å². The SMILES string of the molecule is Cc1nn(Cc2ccc(Cl)cc2)c(C)c1C(=O)N(C)C1CCNC1. The molecule has 0 aliphatic carbocycles. The molecule has 6 heteroatoms. The van der Waals surface area contributed by atoms with Gasteiger partial charge in [-0.05, 0) is 44.5 Å². The molecule has 1 atom stereocenters. The Morgan fingerprint density at radius 3 is 2.71 bits per heavy atom. The number of carbonyl (C=O) groups is 1. The molecule has 5 nitrogen and oxygen atoms in total. The highest BCUT2D eigenvalue weighted by Crippen LogP contribution is 2.19. The molecule has 1 aliphatic heterocycles. The Labute approximate surface area is 147 Å². The Bertz CT molecular complexity index is 732. The van der Waals surface area contributed by atoms with Gasteiger partial charge in [-0.1, -0.05) is 23.7 Å². The molecule has 0 radical (unpaired) electrons. The third-order valence-corrected chi connectivity index (χ3v) is 5.00. The van der Waals surface area contributed by atoms with Crippen molar-refractivity contribution in [3.05, 3.63) is 51.8 Å². The van der Waals surface area contributed by atoms with Gasteiger partial charge in [-0.15, -0.1) is 0 Å². The first-order valence-corrected chi connectivity index (χ1v) is 8.61. The summed E-state index contributed by atoms with van der Waals surface area (Å²) in [4.78, 5) is 14.8. The second-order valence-corrected chi connectivity index (χ2v) is 6.83. The van der Waals surface area contributed by atoms with Gasteiger partial charge in [0.25, 0.3) is 5.91 Å². The van der Waals surface area contributed by atoms with E-state index in [1.807, 2.05) is 54.7 Å². The fraction of sp³-hybridized carbons (Fsp3) is 0.444. The van der Waals surface area contributed by atoms with E-state index in [2.05, 4.69) is 10.4 Å². The molecule has 2 heterocycles. The van der Waals surface area contributed by atoms with E-state index in [4.69, 9.17) is 11.6 Å². The lowest BCUT2D eigenvalue weighted by Gasteiger charge is -2.24. The summed E-state index contributed by atoms with van der Waals surface area (Å²) in [5, 5.41) is 8.60. The van der Waals surface area contributed by atoms with Gasteiger partial charge < -0.3 is 10.2 Å². The molecule has 1 aromatic carbocycles. The van der Waals surface area contributed by atoms with Crippen molar-refractivity contribution in [2.24, 2.45) is 0 Å². The number of nitrogens with one attached hydrogen (secondary N) is 1. The maximum absolute atomic E-state index is 12.9. The van der Waals surface area contributed by atoms with Crippen molar-refractivity contribution >= 4 is 17.5 Å². The number of halogens is 1. The molecule has 0 saturated carbocycles. The van der Waals surface area contributed by atoms with Crippen LogP contribution in [-0.4, -0.2) is 46.8 Å². The van der Waals surface area contributed by atoms with Gasteiger partial charge in [0.05, 0.1) is 17.8 Å². The van der Waals surface area contributed by atoms with E-state index >= 15 is 0 Å². The van der Waals surface area contributed by atoms with E-state index in [0.29, 0.717) is 6.54 Å². The third-order valence-electron chi connectivity index (χ3n) is 4.74. The molecule has 1 aromatic heterocycles. The lowest BCUT2D eigenvalue weighted by Crippen LogP contribution is -2.38. The smallest absolute Gasteiger partial charge is 0.257 e. The molecule has 1 amide bonds. The standard InChI is InChI=1S/C18H23ClN4O/c1-12-17(18(24)22(3)16-8-9-20-10-16)13(2)23(21-12)11-14-4-6-15(19)7-5-14/h4-7,16,20H,8-11H2,1-3H3. The van der Waals surface area contributed by atoms with Crippen LogP contribution in [-0.2, 0) is 6.54 Å². The van der Waals surface area contributed by atoms with E-state index in [0.717, 1.165) is 47.0 Å². The van der Waals surface area contributed by atoms with Crippen molar-refractivity contribution in [1.29, 1.82) is 0 Å². The molecule has 0 bridgehead atoms. The van der Waals surface area contributed by atoms with Crippen LogP contribution in [0.15, 0.2) is 24.3 Å². The van der Waals surface area contributed by atoms with Gasteiger partial charge in [-0.25, -0.2) is 0 Å². The van der Waals surface area contributed by atoms with Crippen LogP contribution >= 0.6 is 11.6 Å². The van der Waals surface area contributed by atoms with E-state index < -0.39 is 0 Å². The minimum absolute atomic E-state index is 0.0565. The minimum atomic E-state index is 0.0565. The number of hydrogen-bond acceptors (Lipinski definition) is 3. The Morgan fingerprint density at radius 1 is 1.38 bits per heavy atom. The maximum Gasteiger partial charge on any atom is 0.257 e. The zero-order chi connectivity index (χ0) is 17.3. The van der Waals surface area contributed by atoms with E-state index in [9.17, 15) is 4.79 Å². The van der Waals surface area contributed by atoms with Crippen LogP contribution in [0.5, 0.6) is 0 Å². The molecule has 1 fully saturated rings. The normalized spacial score (nSPS) is 17.2. The summed E-state index contributed by atoms with van der Waals surface area (Å²) in [6.07, 6.45) is 0.999. The Hall–Kier alpha value is -1.85. The molecule has 128 valence electrons. The second-order valence-electron chi connectivity index (χ2n) is 6.39. The molecule has 2 aromatic rings. The molecule has 0 spiro atoms. The van der Waals surface area contributed by atoms with Crippen LogP contribution in [0.25, 0.3) is 0 Å². The summed E-state index contributed by atoms with van der Waals surface area (Å²) < 4.78 is 1.90. The number of carbonyl (C=O) groups excluding carboxylic acids is 1. The molecule has 1 saturated heterocycles. The van der Waals surface area contributed by atoms with Gasteiger partial charge in [0.15, 0.2) is 0 Å². The average molecular weight is 347 g/mol. The van der Waals surface area contributed by atoms with E-state index in [-0.39, 0.29) is 11.9 Å². The van der Waals surface area contributed by atoms with Gasteiger partial charge in [-0.2, -0.15) is 5.10 Å². The van der Waals surface area contributed by atoms with Gasteiger partial charge in [-0.3, -0.25) is 9.48 Å².